The molecule has 1 fully saturated rings. The van der Waals surface area contributed by atoms with Gasteiger partial charge in [0.05, 0.1) is 34.8 Å². The van der Waals surface area contributed by atoms with E-state index in [1.54, 1.807) is 18.0 Å². The lowest BCUT2D eigenvalue weighted by Crippen LogP contribution is -2.07. The molecule has 0 radical (unpaired) electrons. The van der Waals surface area contributed by atoms with Crippen LogP contribution in [0.2, 0.25) is 0 Å². The summed E-state index contributed by atoms with van der Waals surface area (Å²) in [4.78, 5) is 4.54. The van der Waals surface area contributed by atoms with Crippen LogP contribution in [0.15, 0.2) is 64.2 Å². The Morgan fingerprint density at radius 3 is 2.69 bits per heavy atom. The van der Waals surface area contributed by atoms with Crippen LogP contribution in [0, 0.1) is 0 Å². The van der Waals surface area contributed by atoms with E-state index in [2.05, 4.69) is 20.9 Å². The molecular formula is C21H20BrN3O3S. The van der Waals surface area contributed by atoms with Gasteiger partial charge < -0.3 is 4.74 Å². The van der Waals surface area contributed by atoms with Gasteiger partial charge in [-0.1, -0.05) is 18.2 Å². The van der Waals surface area contributed by atoms with Crippen LogP contribution in [0.25, 0.3) is 16.9 Å². The van der Waals surface area contributed by atoms with Crippen LogP contribution >= 0.6 is 15.9 Å². The van der Waals surface area contributed by atoms with Crippen LogP contribution in [-0.4, -0.2) is 49.1 Å². The van der Waals surface area contributed by atoms with Crippen molar-refractivity contribution in [2.75, 3.05) is 18.6 Å². The number of para-hydroxylation sites is 1. The van der Waals surface area contributed by atoms with Crippen molar-refractivity contribution in [3.8, 4) is 22.7 Å². The highest BCUT2D eigenvalue weighted by atomic mass is 79.9. The van der Waals surface area contributed by atoms with E-state index in [9.17, 15) is 8.42 Å². The molecule has 1 aliphatic heterocycles. The summed E-state index contributed by atoms with van der Waals surface area (Å²) in [5, 5.41) is 4.77. The van der Waals surface area contributed by atoms with Gasteiger partial charge in [-0.2, -0.15) is 5.10 Å². The summed E-state index contributed by atoms with van der Waals surface area (Å²) in [5.41, 5.74) is 3.44. The maximum Gasteiger partial charge on any atom is 0.152 e. The maximum absolute atomic E-state index is 11.7. The van der Waals surface area contributed by atoms with Crippen LogP contribution in [-0.2, 0) is 9.84 Å². The molecule has 0 spiro atoms. The number of rotatable bonds is 5. The third-order valence-corrected chi connectivity index (χ3v) is 7.19. The molecule has 1 atom stereocenters. The van der Waals surface area contributed by atoms with E-state index in [0.717, 1.165) is 32.7 Å². The topological polar surface area (TPSA) is 73.5 Å². The third-order valence-electron chi connectivity index (χ3n) is 4.82. The largest absolute Gasteiger partial charge is 0.496 e. The second kappa shape index (κ2) is 8.12. The monoisotopic (exact) mass is 473 g/mol. The zero-order valence-corrected chi connectivity index (χ0v) is 18.2. The molecule has 0 saturated carbocycles. The van der Waals surface area contributed by atoms with Crippen molar-refractivity contribution in [2.45, 2.75) is 12.5 Å². The highest BCUT2D eigenvalue weighted by Crippen LogP contribution is 2.31. The number of aliphatic imine (C=N–C) groups is 1. The Kier molecular flexibility index (Phi) is 5.56. The number of ether oxygens (including phenoxy) is 1. The molecule has 4 rings (SSSR count). The van der Waals surface area contributed by atoms with E-state index in [0.29, 0.717) is 6.42 Å². The fourth-order valence-corrected chi connectivity index (χ4v) is 5.49. The van der Waals surface area contributed by atoms with Crippen molar-refractivity contribution in [3.63, 3.8) is 0 Å². The number of sulfone groups is 1. The molecule has 8 heteroatoms. The zero-order chi connectivity index (χ0) is 20.4. The molecule has 6 nitrogen and oxygen atoms in total. The number of methoxy groups -OCH3 is 1. The molecule has 0 bridgehead atoms. The van der Waals surface area contributed by atoms with Crippen molar-refractivity contribution in [1.82, 2.24) is 9.78 Å². The Labute approximate surface area is 178 Å². The van der Waals surface area contributed by atoms with Gasteiger partial charge in [-0.05, 0) is 52.7 Å². The highest BCUT2D eigenvalue weighted by Gasteiger charge is 2.27. The third kappa shape index (κ3) is 4.43. The minimum atomic E-state index is -2.97. The Hall–Kier alpha value is -2.45. The second-order valence-corrected chi connectivity index (χ2v) is 9.98. The minimum absolute atomic E-state index is 0.111. The van der Waals surface area contributed by atoms with Gasteiger partial charge in [0.1, 0.15) is 11.4 Å². The van der Waals surface area contributed by atoms with Gasteiger partial charge in [-0.25, -0.2) is 13.1 Å². The lowest BCUT2D eigenvalue weighted by Gasteiger charge is -2.06. The first-order valence-corrected chi connectivity index (χ1v) is 11.8. The van der Waals surface area contributed by atoms with E-state index >= 15 is 0 Å². The molecule has 0 aliphatic carbocycles. The molecule has 29 heavy (non-hydrogen) atoms. The zero-order valence-electron chi connectivity index (χ0n) is 15.8. The first-order valence-electron chi connectivity index (χ1n) is 9.18. The summed E-state index contributed by atoms with van der Waals surface area (Å²) in [6, 6.07) is 15.4. The van der Waals surface area contributed by atoms with Gasteiger partial charge in [0, 0.05) is 23.5 Å². The van der Waals surface area contributed by atoms with E-state index in [4.69, 9.17) is 9.84 Å². The number of halogens is 1. The predicted octanol–water partition coefficient (Wildman–Crippen LogP) is 3.92. The molecule has 150 valence electrons. The van der Waals surface area contributed by atoms with Crippen molar-refractivity contribution in [1.29, 1.82) is 0 Å². The van der Waals surface area contributed by atoms with E-state index in [1.165, 1.54) is 0 Å². The minimum Gasteiger partial charge on any atom is -0.496 e. The van der Waals surface area contributed by atoms with Crippen molar-refractivity contribution in [2.24, 2.45) is 4.99 Å². The number of aromatic nitrogens is 2. The van der Waals surface area contributed by atoms with E-state index in [-0.39, 0.29) is 17.5 Å². The molecule has 1 aromatic heterocycles. The van der Waals surface area contributed by atoms with Gasteiger partial charge >= 0.3 is 0 Å². The first-order chi connectivity index (χ1) is 13.9. The Balaban J connectivity index is 1.74. The first kappa shape index (κ1) is 19.8. The summed E-state index contributed by atoms with van der Waals surface area (Å²) in [6.07, 6.45) is 4.22. The molecule has 0 unspecified atom stereocenters. The quantitative estimate of drug-likeness (QED) is 0.526. The van der Waals surface area contributed by atoms with Crippen LogP contribution in [0.3, 0.4) is 0 Å². The standard InChI is InChI=1S/C21H20BrN3O3S/c1-28-20-8-7-15(11-19(20)22)21-16(12-23-17-9-10-29(26,27)14-17)13-25(24-21)18-5-3-2-4-6-18/h2-8,11-13,17H,9-10,14H2,1H3/t17-/m1/s1. The number of nitrogens with zero attached hydrogens (tertiary/aromatic N) is 3. The smallest absolute Gasteiger partial charge is 0.152 e. The predicted molar refractivity (Wildman–Crippen MR) is 118 cm³/mol. The number of benzene rings is 2. The number of hydrogen-bond donors (Lipinski definition) is 0. The fourth-order valence-electron chi connectivity index (χ4n) is 3.31. The van der Waals surface area contributed by atoms with E-state index in [1.807, 2.05) is 54.7 Å². The van der Waals surface area contributed by atoms with Crippen molar-refractivity contribution in [3.05, 3.63) is 64.8 Å². The highest BCUT2D eigenvalue weighted by molar-refractivity contribution is 9.10. The molecule has 3 aromatic rings. The van der Waals surface area contributed by atoms with Gasteiger partial charge in [-0.15, -0.1) is 0 Å². The molecular weight excluding hydrogens is 454 g/mol. The summed E-state index contributed by atoms with van der Waals surface area (Å²) >= 11 is 3.53. The Bertz CT molecular complexity index is 1160. The van der Waals surface area contributed by atoms with Crippen molar-refractivity contribution < 1.29 is 13.2 Å². The van der Waals surface area contributed by atoms with Gasteiger partial charge in [0.15, 0.2) is 9.84 Å². The second-order valence-electron chi connectivity index (χ2n) is 6.90. The summed E-state index contributed by atoms with van der Waals surface area (Å²) in [7, 11) is -1.35. The van der Waals surface area contributed by atoms with Crippen LogP contribution in [0.5, 0.6) is 5.75 Å². The molecule has 1 aliphatic rings. The maximum atomic E-state index is 11.7. The lowest BCUT2D eigenvalue weighted by atomic mass is 10.1. The molecule has 2 heterocycles. The van der Waals surface area contributed by atoms with Crippen molar-refractivity contribution >= 4 is 32.0 Å². The van der Waals surface area contributed by atoms with Crippen LogP contribution < -0.4 is 4.74 Å². The fraction of sp³-hybridized carbons (Fsp3) is 0.238. The summed E-state index contributed by atoms with van der Waals surface area (Å²) < 4.78 is 31.4. The normalized spacial score (nSPS) is 18.3. The van der Waals surface area contributed by atoms with Crippen LogP contribution in [0.4, 0.5) is 0 Å². The average Bonchev–Trinajstić information content (AvgIpc) is 3.30. The van der Waals surface area contributed by atoms with Crippen LogP contribution in [0.1, 0.15) is 12.0 Å². The van der Waals surface area contributed by atoms with Gasteiger partial charge in [-0.3, -0.25) is 4.99 Å². The lowest BCUT2D eigenvalue weighted by molar-refractivity contribution is 0.412. The summed E-state index contributed by atoms with van der Waals surface area (Å²) in [5.74, 6) is 1.05. The molecule has 2 aromatic carbocycles. The Morgan fingerprint density at radius 2 is 2.03 bits per heavy atom. The average molecular weight is 474 g/mol. The SMILES string of the molecule is COc1ccc(-c2nn(-c3ccccc3)cc2C=N[C@@H]2CCS(=O)(=O)C2)cc1Br. The molecule has 0 amide bonds. The summed E-state index contributed by atoms with van der Waals surface area (Å²) in [6.45, 7) is 0. The van der Waals surface area contributed by atoms with E-state index < -0.39 is 9.84 Å². The van der Waals surface area contributed by atoms with Gasteiger partial charge in [0.25, 0.3) is 0 Å². The molecule has 0 N–H and O–H groups in total. The van der Waals surface area contributed by atoms with Gasteiger partial charge in [0.2, 0.25) is 0 Å². The number of hydrogen-bond acceptors (Lipinski definition) is 5. The Morgan fingerprint density at radius 1 is 1.24 bits per heavy atom. The molecule has 1 saturated heterocycles.